The molecule has 0 amide bonds. The van der Waals surface area contributed by atoms with Crippen molar-refractivity contribution in [2.45, 2.75) is 38.3 Å². The van der Waals surface area contributed by atoms with Gasteiger partial charge in [-0.05, 0) is 39.7 Å². The molecule has 0 aromatic heterocycles. The number of esters is 1. The molecule has 110 valence electrons. The van der Waals surface area contributed by atoms with Gasteiger partial charge in [0.15, 0.2) is 0 Å². The van der Waals surface area contributed by atoms with E-state index in [1.807, 2.05) is 6.92 Å². The van der Waals surface area contributed by atoms with Crippen LogP contribution in [0.4, 0.5) is 0 Å². The highest BCUT2D eigenvalue weighted by molar-refractivity contribution is 5.82. The minimum atomic E-state index is -0.805. The second-order valence-corrected chi connectivity index (χ2v) is 6.12. The van der Waals surface area contributed by atoms with E-state index in [-0.39, 0.29) is 5.97 Å². The zero-order chi connectivity index (χ0) is 14.0. The fourth-order valence-electron chi connectivity index (χ4n) is 2.97. The molecule has 0 aromatic carbocycles. The third-order valence-corrected chi connectivity index (χ3v) is 4.39. The predicted molar refractivity (Wildman–Crippen MR) is 74.8 cm³/mol. The molecule has 0 spiro atoms. The fourth-order valence-corrected chi connectivity index (χ4v) is 2.97. The topological polar surface area (TPSA) is 58.8 Å². The summed E-state index contributed by atoms with van der Waals surface area (Å²) in [6.07, 6.45) is 2.11. The molecule has 1 aliphatic heterocycles. The van der Waals surface area contributed by atoms with Crippen molar-refractivity contribution in [1.82, 2.24) is 9.80 Å². The van der Waals surface area contributed by atoms with Crippen molar-refractivity contribution in [3.8, 4) is 0 Å². The minimum absolute atomic E-state index is 0.219. The third-order valence-electron chi connectivity index (χ3n) is 4.39. The Bertz CT molecular complexity index is 333. The van der Waals surface area contributed by atoms with Crippen molar-refractivity contribution in [2.75, 3.05) is 39.8 Å². The van der Waals surface area contributed by atoms with E-state index in [4.69, 9.17) is 10.5 Å². The molecule has 2 fully saturated rings. The van der Waals surface area contributed by atoms with Crippen molar-refractivity contribution < 1.29 is 9.53 Å². The van der Waals surface area contributed by atoms with Crippen molar-refractivity contribution >= 4 is 5.97 Å². The van der Waals surface area contributed by atoms with Gasteiger partial charge in [-0.2, -0.15) is 0 Å². The number of rotatable bonds is 5. The van der Waals surface area contributed by atoms with Gasteiger partial charge < -0.3 is 15.4 Å². The number of hydrogen-bond donors (Lipinski definition) is 1. The summed E-state index contributed by atoms with van der Waals surface area (Å²) >= 11 is 0. The van der Waals surface area contributed by atoms with Crippen LogP contribution in [0.5, 0.6) is 0 Å². The van der Waals surface area contributed by atoms with E-state index >= 15 is 0 Å². The van der Waals surface area contributed by atoms with E-state index in [1.54, 1.807) is 0 Å². The summed E-state index contributed by atoms with van der Waals surface area (Å²) < 4.78 is 5.21. The summed E-state index contributed by atoms with van der Waals surface area (Å²) in [5.74, 6) is 0.0852. The summed E-state index contributed by atoms with van der Waals surface area (Å²) in [6.45, 7) is 8.12. The van der Waals surface area contributed by atoms with Gasteiger partial charge >= 0.3 is 5.97 Å². The molecule has 2 aliphatic rings. The molecule has 5 nitrogen and oxygen atoms in total. The summed E-state index contributed by atoms with van der Waals surface area (Å²) in [7, 11) is 2.13. The fraction of sp³-hybridized carbons (Fsp3) is 0.929. The maximum atomic E-state index is 12.2. The van der Waals surface area contributed by atoms with Crippen LogP contribution in [0.25, 0.3) is 0 Å². The number of carbonyl (C=O) groups excluding carboxylic acids is 1. The average molecular weight is 269 g/mol. The highest BCUT2D eigenvalue weighted by atomic mass is 16.5. The largest absolute Gasteiger partial charge is 0.465 e. The SMILES string of the molecule is CCOC(=O)C(N)(CN1CCN(C)CC1C)C1CC1. The van der Waals surface area contributed by atoms with Crippen LogP contribution in [0.1, 0.15) is 26.7 Å². The van der Waals surface area contributed by atoms with Crippen molar-refractivity contribution in [2.24, 2.45) is 11.7 Å². The van der Waals surface area contributed by atoms with E-state index in [1.165, 1.54) is 0 Å². The van der Waals surface area contributed by atoms with Crippen LogP contribution in [0.3, 0.4) is 0 Å². The first-order chi connectivity index (χ1) is 8.97. The second kappa shape index (κ2) is 5.77. The third kappa shape index (κ3) is 3.27. The summed E-state index contributed by atoms with van der Waals surface area (Å²) in [5, 5.41) is 0. The van der Waals surface area contributed by atoms with Crippen LogP contribution in [0.15, 0.2) is 0 Å². The molecule has 5 heteroatoms. The lowest BCUT2D eigenvalue weighted by atomic mass is 9.92. The molecule has 0 radical (unpaired) electrons. The average Bonchev–Trinajstić information content (AvgIpc) is 3.17. The zero-order valence-corrected chi connectivity index (χ0v) is 12.4. The number of carbonyl (C=O) groups is 1. The smallest absolute Gasteiger partial charge is 0.327 e. The number of ether oxygens (including phenoxy) is 1. The van der Waals surface area contributed by atoms with Crippen LogP contribution in [-0.4, -0.2) is 67.2 Å². The molecule has 1 saturated carbocycles. The first-order valence-corrected chi connectivity index (χ1v) is 7.36. The lowest BCUT2D eigenvalue weighted by Crippen LogP contribution is -2.62. The Labute approximate surface area is 116 Å². The van der Waals surface area contributed by atoms with Gasteiger partial charge in [0, 0.05) is 32.2 Å². The highest BCUT2D eigenvalue weighted by Crippen LogP contribution is 2.39. The number of hydrogen-bond acceptors (Lipinski definition) is 5. The lowest BCUT2D eigenvalue weighted by Gasteiger charge is -2.42. The Morgan fingerprint density at radius 2 is 2.11 bits per heavy atom. The normalized spacial score (nSPS) is 28.9. The van der Waals surface area contributed by atoms with Gasteiger partial charge in [0.25, 0.3) is 0 Å². The monoisotopic (exact) mass is 269 g/mol. The first-order valence-electron chi connectivity index (χ1n) is 7.36. The molecule has 1 saturated heterocycles. The number of nitrogens with two attached hydrogens (primary N) is 1. The van der Waals surface area contributed by atoms with Gasteiger partial charge in [-0.15, -0.1) is 0 Å². The van der Waals surface area contributed by atoms with E-state index in [0.717, 1.165) is 32.5 Å². The quantitative estimate of drug-likeness (QED) is 0.727. The van der Waals surface area contributed by atoms with Crippen molar-refractivity contribution in [3.63, 3.8) is 0 Å². The Balaban J connectivity index is 2.02. The standard InChI is InChI=1S/C14H27N3O2/c1-4-19-13(18)14(15,12-5-6-12)10-17-8-7-16(3)9-11(17)2/h11-12H,4-10,15H2,1-3H3. The second-order valence-electron chi connectivity index (χ2n) is 6.12. The van der Waals surface area contributed by atoms with E-state index in [9.17, 15) is 4.79 Å². The van der Waals surface area contributed by atoms with Crippen LogP contribution >= 0.6 is 0 Å². The lowest BCUT2D eigenvalue weighted by molar-refractivity contribution is -0.152. The minimum Gasteiger partial charge on any atom is -0.465 e. The molecular formula is C14H27N3O2. The molecular weight excluding hydrogens is 242 g/mol. The van der Waals surface area contributed by atoms with Gasteiger partial charge in [0.2, 0.25) is 0 Å². The Kier molecular flexibility index (Phi) is 4.48. The molecule has 2 atom stereocenters. The Morgan fingerprint density at radius 3 is 2.63 bits per heavy atom. The highest BCUT2D eigenvalue weighted by Gasteiger charge is 2.50. The molecule has 1 aliphatic carbocycles. The molecule has 0 aromatic rings. The molecule has 0 bridgehead atoms. The molecule has 2 rings (SSSR count). The van der Waals surface area contributed by atoms with Gasteiger partial charge in [-0.1, -0.05) is 0 Å². The summed E-state index contributed by atoms with van der Waals surface area (Å²) in [5.41, 5.74) is 5.63. The number of piperazine rings is 1. The van der Waals surface area contributed by atoms with Gasteiger partial charge in [-0.3, -0.25) is 4.90 Å². The van der Waals surface area contributed by atoms with Crippen molar-refractivity contribution in [3.05, 3.63) is 0 Å². The number of nitrogens with zero attached hydrogens (tertiary/aromatic N) is 2. The van der Waals surface area contributed by atoms with Crippen LogP contribution in [-0.2, 0) is 9.53 Å². The Hall–Kier alpha value is -0.650. The first kappa shape index (κ1) is 14.8. The molecule has 2 unspecified atom stereocenters. The molecule has 1 heterocycles. The van der Waals surface area contributed by atoms with E-state index in [2.05, 4.69) is 23.8 Å². The Morgan fingerprint density at radius 1 is 1.42 bits per heavy atom. The maximum Gasteiger partial charge on any atom is 0.327 e. The van der Waals surface area contributed by atoms with Gasteiger partial charge in [0.1, 0.15) is 5.54 Å². The van der Waals surface area contributed by atoms with Gasteiger partial charge in [-0.25, -0.2) is 4.79 Å². The van der Waals surface area contributed by atoms with E-state index < -0.39 is 5.54 Å². The molecule has 19 heavy (non-hydrogen) atoms. The maximum absolute atomic E-state index is 12.2. The molecule has 2 N–H and O–H groups in total. The van der Waals surface area contributed by atoms with Crippen LogP contribution < -0.4 is 5.73 Å². The van der Waals surface area contributed by atoms with Crippen LogP contribution in [0, 0.1) is 5.92 Å². The summed E-state index contributed by atoms with van der Waals surface area (Å²) in [6, 6.07) is 0.440. The van der Waals surface area contributed by atoms with Crippen LogP contribution in [0.2, 0.25) is 0 Å². The zero-order valence-electron chi connectivity index (χ0n) is 12.4. The predicted octanol–water partition coefficient (Wildman–Crippen LogP) is 0.293. The summed E-state index contributed by atoms with van der Waals surface area (Å²) in [4.78, 5) is 16.9. The van der Waals surface area contributed by atoms with Crippen molar-refractivity contribution in [1.29, 1.82) is 0 Å². The van der Waals surface area contributed by atoms with Gasteiger partial charge in [0.05, 0.1) is 6.61 Å². The number of likely N-dealkylation sites (N-methyl/N-ethyl adjacent to an activating group) is 1. The van der Waals surface area contributed by atoms with E-state index in [0.29, 0.717) is 25.1 Å².